The van der Waals surface area contributed by atoms with Crippen LogP contribution in [0.1, 0.15) is 31.7 Å². The first-order valence-electron chi connectivity index (χ1n) is 7.57. The fourth-order valence-corrected chi connectivity index (χ4v) is 2.51. The Labute approximate surface area is 137 Å². The second-order valence-electron chi connectivity index (χ2n) is 5.37. The van der Waals surface area contributed by atoms with Gasteiger partial charge in [0.05, 0.1) is 6.61 Å². The van der Waals surface area contributed by atoms with Gasteiger partial charge in [0, 0.05) is 13.0 Å². The van der Waals surface area contributed by atoms with Gasteiger partial charge in [-0.05, 0) is 56.5 Å². The van der Waals surface area contributed by atoms with Crippen molar-refractivity contribution in [1.82, 2.24) is 10.6 Å². The molecule has 1 atom stereocenters. The second kappa shape index (κ2) is 9.64. The Balaban J connectivity index is 0.00000242. The highest BCUT2D eigenvalue weighted by molar-refractivity contribution is 5.85. The minimum Gasteiger partial charge on any atom is -0.491 e. The van der Waals surface area contributed by atoms with E-state index in [1.807, 2.05) is 6.92 Å². The first kappa shape index (κ1) is 18.7. The maximum atomic E-state index is 13.7. The highest BCUT2D eigenvalue weighted by Crippen LogP contribution is 2.18. The summed E-state index contributed by atoms with van der Waals surface area (Å²) < 4.78 is 18.8. The molecular weight excluding hydrogens is 307 g/mol. The number of hydrogen-bond acceptors (Lipinski definition) is 3. The lowest BCUT2D eigenvalue weighted by Gasteiger charge is -2.10. The molecule has 4 nitrogen and oxygen atoms in total. The van der Waals surface area contributed by atoms with Crippen LogP contribution in [0.5, 0.6) is 5.75 Å². The van der Waals surface area contributed by atoms with E-state index in [1.54, 1.807) is 12.1 Å². The third-order valence-electron chi connectivity index (χ3n) is 3.73. The predicted molar refractivity (Wildman–Crippen MR) is 86.9 cm³/mol. The average molecular weight is 331 g/mol. The molecule has 1 saturated heterocycles. The number of rotatable bonds is 7. The molecule has 1 fully saturated rings. The van der Waals surface area contributed by atoms with Gasteiger partial charge in [-0.25, -0.2) is 4.39 Å². The third kappa shape index (κ3) is 5.81. The number of halogens is 2. The van der Waals surface area contributed by atoms with Gasteiger partial charge >= 0.3 is 0 Å². The Kier molecular flexibility index (Phi) is 8.20. The summed E-state index contributed by atoms with van der Waals surface area (Å²) in [5.41, 5.74) is 0.742. The van der Waals surface area contributed by atoms with Crippen molar-refractivity contribution < 1.29 is 13.9 Å². The number of benzene rings is 1. The average Bonchev–Trinajstić information content (AvgIpc) is 2.99. The SMILES string of the molecule is CCOc1ccc(CNC(=O)CCC2CCNC2)cc1F.Cl. The van der Waals surface area contributed by atoms with E-state index in [1.165, 1.54) is 6.07 Å². The molecule has 1 aromatic rings. The Morgan fingerprint density at radius 3 is 2.95 bits per heavy atom. The minimum atomic E-state index is -0.388. The molecule has 1 heterocycles. The minimum absolute atomic E-state index is 0. The lowest BCUT2D eigenvalue weighted by molar-refractivity contribution is -0.121. The van der Waals surface area contributed by atoms with Crippen molar-refractivity contribution in [2.24, 2.45) is 5.92 Å². The molecule has 0 aromatic heterocycles. The zero-order chi connectivity index (χ0) is 15.1. The Morgan fingerprint density at radius 1 is 1.50 bits per heavy atom. The molecular formula is C16H24ClFN2O2. The quantitative estimate of drug-likeness (QED) is 0.808. The molecule has 2 rings (SSSR count). The molecule has 6 heteroatoms. The van der Waals surface area contributed by atoms with Crippen molar-refractivity contribution in [2.75, 3.05) is 19.7 Å². The number of ether oxygens (including phenoxy) is 1. The Hall–Kier alpha value is -1.33. The molecule has 0 radical (unpaired) electrons. The van der Waals surface area contributed by atoms with Crippen molar-refractivity contribution in [3.63, 3.8) is 0 Å². The molecule has 1 unspecified atom stereocenters. The Morgan fingerprint density at radius 2 is 2.32 bits per heavy atom. The van der Waals surface area contributed by atoms with Crippen LogP contribution in [0.15, 0.2) is 18.2 Å². The lowest BCUT2D eigenvalue weighted by Crippen LogP contribution is -2.23. The van der Waals surface area contributed by atoms with Gasteiger partial charge in [0.25, 0.3) is 0 Å². The maximum absolute atomic E-state index is 13.7. The topological polar surface area (TPSA) is 50.4 Å². The van der Waals surface area contributed by atoms with E-state index in [2.05, 4.69) is 10.6 Å². The van der Waals surface area contributed by atoms with E-state index >= 15 is 0 Å². The summed E-state index contributed by atoms with van der Waals surface area (Å²) in [4.78, 5) is 11.8. The van der Waals surface area contributed by atoms with Crippen molar-refractivity contribution in [2.45, 2.75) is 32.7 Å². The van der Waals surface area contributed by atoms with Crippen molar-refractivity contribution in [3.05, 3.63) is 29.6 Å². The van der Waals surface area contributed by atoms with E-state index in [4.69, 9.17) is 4.74 Å². The van der Waals surface area contributed by atoms with Crippen LogP contribution in [0.3, 0.4) is 0 Å². The summed E-state index contributed by atoms with van der Waals surface area (Å²) in [5, 5.41) is 6.13. The van der Waals surface area contributed by atoms with Gasteiger partial charge in [-0.3, -0.25) is 4.79 Å². The highest BCUT2D eigenvalue weighted by Gasteiger charge is 2.15. The first-order chi connectivity index (χ1) is 10.2. The molecule has 0 bridgehead atoms. The number of amides is 1. The summed E-state index contributed by atoms with van der Waals surface area (Å²) in [5.74, 6) is 0.497. The zero-order valence-electron chi connectivity index (χ0n) is 12.9. The molecule has 124 valence electrons. The standard InChI is InChI=1S/C16H23FN2O2.ClH/c1-2-21-15-5-3-13(9-14(15)17)11-19-16(20)6-4-12-7-8-18-10-12;/h3,5,9,12,18H,2,4,6-8,10-11H2,1H3,(H,19,20);1H. The molecule has 1 aliphatic heterocycles. The van der Waals surface area contributed by atoms with Crippen LogP contribution in [0.2, 0.25) is 0 Å². The van der Waals surface area contributed by atoms with Crippen LogP contribution in [-0.4, -0.2) is 25.6 Å². The smallest absolute Gasteiger partial charge is 0.220 e. The van der Waals surface area contributed by atoms with Crippen molar-refractivity contribution >= 4 is 18.3 Å². The monoisotopic (exact) mass is 330 g/mol. The Bertz CT molecular complexity index is 479. The van der Waals surface area contributed by atoms with Crippen LogP contribution in [0, 0.1) is 11.7 Å². The van der Waals surface area contributed by atoms with Crippen LogP contribution < -0.4 is 15.4 Å². The fraction of sp³-hybridized carbons (Fsp3) is 0.562. The summed E-state index contributed by atoms with van der Waals surface area (Å²) in [6.07, 6.45) is 2.60. The van der Waals surface area contributed by atoms with E-state index < -0.39 is 0 Å². The van der Waals surface area contributed by atoms with Gasteiger partial charge in [0.15, 0.2) is 11.6 Å². The normalized spacial score (nSPS) is 16.9. The number of carbonyl (C=O) groups excluding carboxylic acids is 1. The van der Waals surface area contributed by atoms with Crippen molar-refractivity contribution in [1.29, 1.82) is 0 Å². The molecule has 22 heavy (non-hydrogen) atoms. The molecule has 0 spiro atoms. The third-order valence-corrected chi connectivity index (χ3v) is 3.73. The first-order valence-corrected chi connectivity index (χ1v) is 7.57. The summed E-state index contributed by atoms with van der Waals surface area (Å²) in [6, 6.07) is 4.78. The van der Waals surface area contributed by atoms with E-state index in [0.717, 1.165) is 31.5 Å². The number of hydrogen-bond donors (Lipinski definition) is 2. The molecule has 2 N–H and O–H groups in total. The van der Waals surface area contributed by atoms with Crippen molar-refractivity contribution in [3.8, 4) is 5.75 Å². The fourth-order valence-electron chi connectivity index (χ4n) is 2.51. The number of nitrogens with one attached hydrogen (secondary N) is 2. The molecule has 0 aliphatic carbocycles. The summed E-state index contributed by atoms with van der Waals surface area (Å²) in [7, 11) is 0. The molecule has 1 aromatic carbocycles. The van der Waals surface area contributed by atoms with Gasteiger partial charge in [0.2, 0.25) is 5.91 Å². The largest absolute Gasteiger partial charge is 0.491 e. The lowest BCUT2D eigenvalue weighted by atomic mass is 10.0. The second-order valence-corrected chi connectivity index (χ2v) is 5.37. The molecule has 0 saturated carbocycles. The van der Waals surface area contributed by atoms with Crippen LogP contribution in [0.25, 0.3) is 0 Å². The van der Waals surface area contributed by atoms with Gasteiger partial charge < -0.3 is 15.4 Å². The van der Waals surface area contributed by atoms with Gasteiger partial charge in [-0.1, -0.05) is 6.07 Å². The van der Waals surface area contributed by atoms with Gasteiger partial charge in [0.1, 0.15) is 0 Å². The highest BCUT2D eigenvalue weighted by atomic mass is 35.5. The van der Waals surface area contributed by atoms with Gasteiger partial charge in [-0.2, -0.15) is 0 Å². The molecule has 1 aliphatic rings. The van der Waals surface area contributed by atoms with Crippen LogP contribution >= 0.6 is 12.4 Å². The van der Waals surface area contributed by atoms with E-state index in [0.29, 0.717) is 25.5 Å². The van der Waals surface area contributed by atoms with Crippen LogP contribution in [-0.2, 0) is 11.3 Å². The van der Waals surface area contributed by atoms with E-state index in [9.17, 15) is 9.18 Å². The maximum Gasteiger partial charge on any atom is 0.220 e. The summed E-state index contributed by atoms with van der Waals surface area (Å²) in [6.45, 7) is 4.66. The zero-order valence-corrected chi connectivity index (χ0v) is 13.7. The predicted octanol–water partition coefficient (Wildman–Crippen LogP) is 2.65. The summed E-state index contributed by atoms with van der Waals surface area (Å²) >= 11 is 0. The van der Waals surface area contributed by atoms with E-state index in [-0.39, 0.29) is 29.9 Å². The number of carbonyl (C=O) groups is 1. The van der Waals surface area contributed by atoms with Crippen LogP contribution in [0.4, 0.5) is 4.39 Å². The van der Waals surface area contributed by atoms with Gasteiger partial charge in [-0.15, -0.1) is 12.4 Å². The molecule has 1 amide bonds.